The molecule has 3 rings (SSSR count). The minimum absolute atomic E-state index is 0.0596. The molecule has 1 aromatic rings. The van der Waals surface area contributed by atoms with Gasteiger partial charge in [0.25, 0.3) is 0 Å². The van der Waals surface area contributed by atoms with Gasteiger partial charge in [0.2, 0.25) is 0 Å². The van der Waals surface area contributed by atoms with E-state index in [-0.39, 0.29) is 18.2 Å². The molecule has 2 aliphatic heterocycles. The summed E-state index contributed by atoms with van der Waals surface area (Å²) < 4.78 is 7.96. The molecule has 6 nitrogen and oxygen atoms in total. The Morgan fingerprint density at radius 3 is 2.68 bits per heavy atom. The molecule has 0 aromatic carbocycles. The summed E-state index contributed by atoms with van der Waals surface area (Å²) in [6.45, 7) is 6.47. The van der Waals surface area contributed by atoms with E-state index in [2.05, 4.69) is 24.3 Å². The van der Waals surface area contributed by atoms with Crippen molar-refractivity contribution in [1.29, 1.82) is 0 Å². The van der Waals surface area contributed by atoms with Crippen LogP contribution in [0.5, 0.6) is 0 Å². The first kappa shape index (κ1) is 15.3. The maximum absolute atomic E-state index is 12.5. The molecule has 0 spiro atoms. The van der Waals surface area contributed by atoms with E-state index in [0.717, 1.165) is 25.8 Å². The van der Waals surface area contributed by atoms with Gasteiger partial charge < -0.3 is 9.64 Å². The molecular formula is C16H26N4O2. The number of aryl methyl sites for hydroxylation is 2. The molecule has 6 heteroatoms. The number of nitrogens with zero attached hydrogens (tertiary/aromatic N) is 3. The van der Waals surface area contributed by atoms with Crippen LogP contribution in [-0.2, 0) is 17.7 Å². The van der Waals surface area contributed by atoms with E-state index in [1.165, 1.54) is 18.5 Å². The fraction of sp³-hybridized carbons (Fsp3) is 0.750. The van der Waals surface area contributed by atoms with Gasteiger partial charge in [0, 0.05) is 31.4 Å². The number of anilines is 1. The number of morpholine rings is 1. The average molecular weight is 306 g/mol. The Hall–Kier alpha value is -1.56. The smallest absolute Gasteiger partial charge is 0.323 e. The lowest BCUT2D eigenvalue weighted by atomic mass is 10.1. The number of carbonyl (C=O) groups is 1. The third-order valence-corrected chi connectivity index (χ3v) is 4.58. The average Bonchev–Trinajstić information content (AvgIpc) is 2.96. The first-order chi connectivity index (χ1) is 10.7. The molecule has 0 bridgehead atoms. The van der Waals surface area contributed by atoms with Crippen molar-refractivity contribution in [2.75, 3.05) is 18.4 Å². The largest absolute Gasteiger partial charge is 0.371 e. The first-order valence-electron chi connectivity index (χ1n) is 8.47. The van der Waals surface area contributed by atoms with Crippen LogP contribution in [0, 0.1) is 0 Å². The highest BCUT2D eigenvalue weighted by Crippen LogP contribution is 2.20. The second-order valence-electron chi connectivity index (χ2n) is 6.23. The molecule has 0 saturated carbocycles. The van der Waals surface area contributed by atoms with Gasteiger partial charge in [-0.1, -0.05) is 13.8 Å². The van der Waals surface area contributed by atoms with Gasteiger partial charge in [-0.2, -0.15) is 5.10 Å². The zero-order valence-electron chi connectivity index (χ0n) is 13.5. The summed E-state index contributed by atoms with van der Waals surface area (Å²) in [5, 5.41) is 7.45. The number of hydrogen-bond donors (Lipinski definition) is 1. The predicted octanol–water partition coefficient (Wildman–Crippen LogP) is 2.64. The highest BCUT2D eigenvalue weighted by Gasteiger charge is 2.29. The molecule has 2 amide bonds. The van der Waals surface area contributed by atoms with E-state index in [4.69, 9.17) is 4.74 Å². The number of amides is 2. The van der Waals surface area contributed by atoms with E-state index in [0.29, 0.717) is 18.9 Å². The molecule has 1 N–H and O–H groups in total. The Morgan fingerprint density at radius 1 is 1.32 bits per heavy atom. The minimum Gasteiger partial charge on any atom is -0.371 e. The van der Waals surface area contributed by atoms with Gasteiger partial charge in [-0.3, -0.25) is 10.00 Å². The van der Waals surface area contributed by atoms with Gasteiger partial charge in [0.05, 0.1) is 12.2 Å². The van der Waals surface area contributed by atoms with Crippen molar-refractivity contribution >= 4 is 11.8 Å². The molecule has 0 radical (unpaired) electrons. The van der Waals surface area contributed by atoms with Crippen molar-refractivity contribution in [2.24, 2.45) is 0 Å². The number of aromatic nitrogens is 2. The fourth-order valence-electron chi connectivity index (χ4n) is 3.21. The zero-order valence-corrected chi connectivity index (χ0v) is 13.5. The van der Waals surface area contributed by atoms with E-state index in [9.17, 15) is 4.79 Å². The van der Waals surface area contributed by atoms with Crippen molar-refractivity contribution in [3.8, 4) is 0 Å². The number of fused-ring (bicyclic) bond motifs is 1. The Labute approximate surface area is 131 Å². The van der Waals surface area contributed by atoms with Crippen LogP contribution in [0.25, 0.3) is 0 Å². The Balaban J connectivity index is 1.64. The van der Waals surface area contributed by atoms with Crippen LogP contribution in [0.4, 0.5) is 10.6 Å². The highest BCUT2D eigenvalue weighted by molar-refractivity contribution is 5.88. The maximum Gasteiger partial charge on any atom is 0.323 e. The van der Waals surface area contributed by atoms with Crippen LogP contribution in [-0.4, -0.2) is 46.0 Å². The van der Waals surface area contributed by atoms with Crippen LogP contribution >= 0.6 is 0 Å². The quantitative estimate of drug-likeness (QED) is 0.934. The van der Waals surface area contributed by atoms with Crippen LogP contribution < -0.4 is 5.32 Å². The van der Waals surface area contributed by atoms with Crippen molar-refractivity contribution < 1.29 is 9.53 Å². The number of nitrogens with one attached hydrogen (secondary N) is 1. The SMILES string of the molecule is CCC1CN(C(=O)Nc2cc3n(n2)CCCC3)CC(CC)O1. The van der Waals surface area contributed by atoms with Crippen LogP contribution in [0.1, 0.15) is 45.2 Å². The van der Waals surface area contributed by atoms with Crippen LogP contribution in [0.15, 0.2) is 6.07 Å². The molecule has 122 valence electrons. The molecule has 2 aliphatic rings. The number of urea groups is 1. The summed E-state index contributed by atoms with van der Waals surface area (Å²) in [6.07, 6.45) is 5.56. The topological polar surface area (TPSA) is 59.4 Å². The van der Waals surface area contributed by atoms with E-state index >= 15 is 0 Å². The number of hydrogen-bond acceptors (Lipinski definition) is 3. The molecular weight excluding hydrogens is 280 g/mol. The van der Waals surface area contributed by atoms with E-state index in [1.807, 2.05) is 15.6 Å². The van der Waals surface area contributed by atoms with Gasteiger partial charge in [0.15, 0.2) is 5.82 Å². The summed E-state index contributed by atoms with van der Waals surface area (Å²) in [5.41, 5.74) is 1.22. The lowest BCUT2D eigenvalue weighted by Crippen LogP contribution is -2.51. The lowest BCUT2D eigenvalue weighted by Gasteiger charge is -2.37. The third-order valence-electron chi connectivity index (χ3n) is 4.58. The van der Waals surface area contributed by atoms with Crippen LogP contribution in [0.2, 0.25) is 0 Å². The normalized spacial score (nSPS) is 24.9. The Kier molecular flexibility index (Phi) is 4.66. The number of carbonyl (C=O) groups excluding carboxylic acids is 1. The summed E-state index contributed by atoms with van der Waals surface area (Å²) in [7, 11) is 0. The second kappa shape index (κ2) is 6.69. The Bertz CT molecular complexity index is 493. The number of rotatable bonds is 3. The number of ether oxygens (including phenoxy) is 1. The summed E-state index contributed by atoms with van der Waals surface area (Å²) in [4.78, 5) is 14.4. The van der Waals surface area contributed by atoms with E-state index < -0.39 is 0 Å². The van der Waals surface area contributed by atoms with Gasteiger partial charge in [0.1, 0.15) is 0 Å². The summed E-state index contributed by atoms with van der Waals surface area (Å²) in [6, 6.07) is 1.95. The molecule has 2 atom stereocenters. The summed E-state index contributed by atoms with van der Waals surface area (Å²) >= 11 is 0. The first-order valence-corrected chi connectivity index (χ1v) is 8.47. The zero-order chi connectivity index (χ0) is 15.5. The molecule has 1 fully saturated rings. The maximum atomic E-state index is 12.5. The summed E-state index contributed by atoms with van der Waals surface area (Å²) in [5.74, 6) is 0.675. The highest BCUT2D eigenvalue weighted by atomic mass is 16.5. The van der Waals surface area contributed by atoms with Crippen molar-refractivity contribution in [3.63, 3.8) is 0 Å². The molecule has 2 unspecified atom stereocenters. The molecule has 3 heterocycles. The predicted molar refractivity (Wildman–Crippen MR) is 85.0 cm³/mol. The lowest BCUT2D eigenvalue weighted by molar-refractivity contribution is -0.0729. The minimum atomic E-state index is -0.0596. The Morgan fingerprint density at radius 2 is 2.05 bits per heavy atom. The van der Waals surface area contributed by atoms with E-state index in [1.54, 1.807) is 0 Å². The van der Waals surface area contributed by atoms with Gasteiger partial charge >= 0.3 is 6.03 Å². The fourth-order valence-corrected chi connectivity index (χ4v) is 3.21. The van der Waals surface area contributed by atoms with Crippen LogP contribution in [0.3, 0.4) is 0 Å². The van der Waals surface area contributed by atoms with Crippen molar-refractivity contribution in [1.82, 2.24) is 14.7 Å². The van der Waals surface area contributed by atoms with Crippen molar-refractivity contribution in [3.05, 3.63) is 11.8 Å². The van der Waals surface area contributed by atoms with Gasteiger partial charge in [-0.05, 0) is 32.1 Å². The van der Waals surface area contributed by atoms with Gasteiger partial charge in [-0.15, -0.1) is 0 Å². The molecule has 1 saturated heterocycles. The third kappa shape index (κ3) is 3.27. The van der Waals surface area contributed by atoms with Crippen molar-refractivity contribution in [2.45, 2.75) is 64.7 Å². The standard InChI is InChI=1S/C16H26N4O2/c1-3-13-10-19(11-14(4-2)22-13)16(21)17-15-9-12-7-5-6-8-20(12)18-15/h9,13-14H,3-8,10-11H2,1-2H3,(H,17,18,21). The van der Waals surface area contributed by atoms with Gasteiger partial charge in [-0.25, -0.2) is 4.79 Å². The molecule has 0 aliphatic carbocycles. The monoisotopic (exact) mass is 306 g/mol. The molecule has 22 heavy (non-hydrogen) atoms. The molecule has 1 aromatic heterocycles. The second-order valence-corrected chi connectivity index (χ2v) is 6.23.